The zero-order valence-corrected chi connectivity index (χ0v) is 13.3. The number of hydrogen-bond acceptors (Lipinski definition) is 2. The van der Waals surface area contributed by atoms with Gasteiger partial charge in [-0.3, -0.25) is 0 Å². The van der Waals surface area contributed by atoms with E-state index in [1.54, 1.807) is 11.1 Å². The average Bonchev–Trinajstić information content (AvgIpc) is 2.85. The molecular weight excluding hydrogens is 318 g/mol. The van der Waals surface area contributed by atoms with Gasteiger partial charge in [0.05, 0.1) is 0 Å². The van der Waals surface area contributed by atoms with Gasteiger partial charge in [0, 0.05) is 27.8 Å². The summed E-state index contributed by atoms with van der Waals surface area (Å²) in [6.45, 7) is 2.07. The van der Waals surface area contributed by atoms with Crippen LogP contribution in [0.1, 0.15) is 34.8 Å². The Morgan fingerprint density at radius 1 is 1.32 bits per heavy atom. The standard InChI is InChI=1S/C16H18BrNS/c17-14-8-15(19-11-14)10-18-9-13-6-3-5-12-4-1-2-7-16(12)13/h1-2,4,7-8,11,13,18H,3,5-6,9-10H2. The van der Waals surface area contributed by atoms with Gasteiger partial charge in [0.15, 0.2) is 0 Å². The van der Waals surface area contributed by atoms with Crippen LogP contribution in [0.5, 0.6) is 0 Å². The van der Waals surface area contributed by atoms with Crippen LogP contribution >= 0.6 is 27.3 Å². The Bertz CT molecular complexity index is 549. The molecule has 0 spiro atoms. The molecule has 0 fully saturated rings. The molecule has 1 atom stereocenters. The lowest BCUT2D eigenvalue weighted by molar-refractivity contribution is 0.508. The first-order valence-electron chi connectivity index (χ1n) is 6.84. The Kier molecular flexibility index (Phi) is 4.36. The quantitative estimate of drug-likeness (QED) is 0.852. The van der Waals surface area contributed by atoms with Crippen molar-refractivity contribution in [2.45, 2.75) is 31.7 Å². The van der Waals surface area contributed by atoms with Crippen LogP contribution in [0.25, 0.3) is 0 Å². The SMILES string of the molecule is Brc1csc(CNCC2CCCc3ccccc32)c1. The molecule has 0 saturated heterocycles. The maximum absolute atomic E-state index is 3.62. The van der Waals surface area contributed by atoms with Gasteiger partial charge in [0.2, 0.25) is 0 Å². The normalized spacial score (nSPS) is 18.3. The minimum Gasteiger partial charge on any atom is -0.311 e. The predicted molar refractivity (Wildman–Crippen MR) is 85.8 cm³/mol. The van der Waals surface area contributed by atoms with E-state index in [9.17, 15) is 0 Å². The summed E-state index contributed by atoms with van der Waals surface area (Å²) in [7, 11) is 0. The molecule has 1 aliphatic rings. The monoisotopic (exact) mass is 335 g/mol. The first-order valence-corrected chi connectivity index (χ1v) is 8.51. The smallest absolute Gasteiger partial charge is 0.0300 e. The van der Waals surface area contributed by atoms with E-state index in [1.807, 2.05) is 11.3 Å². The van der Waals surface area contributed by atoms with E-state index in [0.29, 0.717) is 5.92 Å². The van der Waals surface area contributed by atoms with Crippen molar-refractivity contribution in [1.29, 1.82) is 0 Å². The van der Waals surface area contributed by atoms with Crippen LogP contribution in [0.2, 0.25) is 0 Å². The van der Waals surface area contributed by atoms with Crippen molar-refractivity contribution in [3.63, 3.8) is 0 Å². The molecule has 3 rings (SSSR count). The minimum absolute atomic E-state index is 0.688. The zero-order chi connectivity index (χ0) is 13.1. The summed E-state index contributed by atoms with van der Waals surface area (Å²) in [4.78, 5) is 1.40. The van der Waals surface area contributed by atoms with Gasteiger partial charge in [-0.1, -0.05) is 24.3 Å². The fourth-order valence-electron chi connectivity index (χ4n) is 2.88. The highest BCUT2D eigenvalue weighted by Gasteiger charge is 2.19. The Morgan fingerprint density at radius 3 is 3.05 bits per heavy atom. The molecular formula is C16H18BrNS. The lowest BCUT2D eigenvalue weighted by Crippen LogP contribution is -2.23. The highest BCUT2D eigenvalue weighted by atomic mass is 79.9. The third-order valence-corrected chi connectivity index (χ3v) is 5.50. The lowest BCUT2D eigenvalue weighted by Gasteiger charge is -2.25. The third kappa shape index (κ3) is 3.28. The summed E-state index contributed by atoms with van der Waals surface area (Å²) in [5.74, 6) is 0.688. The van der Waals surface area contributed by atoms with Gasteiger partial charge in [-0.15, -0.1) is 11.3 Å². The van der Waals surface area contributed by atoms with E-state index < -0.39 is 0 Å². The highest BCUT2D eigenvalue weighted by molar-refractivity contribution is 9.10. The average molecular weight is 336 g/mol. The zero-order valence-electron chi connectivity index (χ0n) is 10.9. The molecule has 0 bridgehead atoms. The fraction of sp³-hybridized carbons (Fsp3) is 0.375. The molecule has 3 heteroatoms. The molecule has 1 heterocycles. The molecule has 19 heavy (non-hydrogen) atoms. The molecule has 0 saturated carbocycles. The van der Waals surface area contributed by atoms with E-state index in [-0.39, 0.29) is 0 Å². The van der Waals surface area contributed by atoms with Crippen LogP contribution in [0.15, 0.2) is 40.2 Å². The van der Waals surface area contributed by atoms with Gasteiger partial charge >= 0.3 is 0 Å². The molecule has 0 amide bonds. The molecule has 1 unspecified atom stereocenters. The Balaban J connectivity index is 1.59. The second kappa shape index (κ2) is 6.21. The fourth-order valence-corrected chi connectivity index (χ4v) is 4.30. The highest BCUT2D eigenvalue weighted by Crippen LogP contribution is 2.31. The van der Waals surface area contributed by atoms with Crippen LogP contribution in [-0.2, 0) is 13.0 Å². The van der Waals surface area contributed by atoms with E-state index >= 15 is 0 Å². The topological polar surface area (TPSA) is 12.0 Å². The predicted octanol–water partition coefficient (Wildman–Crippen LogP) is 4.72. The largest absolute Gasteiger partial charge is 0.311 e. The number of aryl methyl sites for hydroxylation is 1. The van der Waals surface area contributed by atoms with Crippen molar-refractivity contribution in [1.82, 2.24) is 5.32 Å². The molecule has 2 aromatic rings. The summed E-state index contributed by atoms with van der Waals surface area (Å²) in [6.07, 6.45) is 3.90. The van der Waals surface area contributed by atoms with Crippen molar-refractivity contribution in [3.05, 3.63) is 56.2 Å². The summed E-state index contributed by atoms with van der Waals surface area (Å²) in [6, 6.07) is 11.1. The number of benzene rings is 1. The Labute approximate surface area is 127 Å². The molecule has 0 radical (unpaired) electrons. The third-order valence-electron chi connectivity index (χ3n) is 3.81. The summed E-state index contributed by atoms with van der Waals surface area (Å²) >= 11 is 5.32. The van der Waals surface area contributed by atoms with E-state index in [1.165, 1.54) is 28.6 Å². The van der Waals surface area contributed by atoms with Crippen molar-refractivity contribution < 1.29 is 0 Å². The van der Waals surface area contributed by atoms with Gasteiger partial charge in [-0.25, -0.2) is 0 Å². The number of halogens is 1. The minimum atomic E-state index is 0.688. The molecule has 1 nitrogen and oxygen atoms in total. The van der Waals surface area contributed by atoms with E-state index in [4.69, 9.17) is 0 Å². The maximum atomic E-state index is 3.62. The Morgan fingerprint density at radius 2 is 2.21 bits per heavy atom. The number of hydrogen-bond donors (Lipinski definition) is 1. The van der Waals surface area contributed by atoms with Crippen molar-refractivity contribution in [3.8, 4) is 0 Å². The number of fused-ring (bicyclic) bond motifs is 1. The molecule has 100 valence electrons. The van der Waals surface area contributed by atoms with Gasteiger partial charge in [0.1, 0.15) is 0 Å². The van der Waals surface area contributed by atoms with Gasteiger partial charge in [0.25, 0.3) is 0 Å². The molecule has 1 N–H and O–H groups in total. The van der Waals surface area contributed by atoms with Crippen LogP contribution in [0.3, 0.4) is 0 Å². The maximum Gasteiger partial charge on any atom is 0.0300 e. The molecule has 1 aromatic carbocycles. The number of nitrogens with one attached hydrogen (secondary N) is 1. The Hall–Kier alpha value is -0.640. The van der Waals surface area contributed by atoms with Crippen LogP contribution < -0.4 is 5.32 Å². The summed E-state index contributed by atoms with van der Waals surface area (Å²) in [5.41, 5.74) is 3.12. The number of rotatable bonds is 4. The lowest BCUT2D eigenvalue weighted by atomic mass is 9.83. The summed E-state index contributed by atoms with van der Waals surface area (Å²) < 4.78 is 1.19. The number of thiophene rings is 1. The summed E-state index contributed by atoms with van der Waals surface area (Å²) in [5, 5.41) is 5.76. The van der Waals surface area contributed by atoms with Gasteiger partial charge in [-0.05, 0) is 58.3 Å². The van der Waals surface area contributed by atoms with E-state index in [2.05, 4.69) is 57.0 Å². The molecule has 1 aliphatic carbocycles. The van der Waals surface area contributed by atoms with Crippen LogP contribution in [0.4, 0.5) is 0 Å². The molecule has 0 aliphatic heterocycles. The van der Waals surface area contributed by atoms with Crippen molar-refractivity contribution >= 4 is 27.3 Å². The van der Waals surface area contributed by atoms with Gasteiger partial charge < -0.3 is 5.32 Å². The van der Waals surface area contributed by atoms with Crippen LogP contribution in [-0.4, -0.2) is 6.54 Å². The van der Waals surface area contributed by atoms with Crippen molar-refractivity contribution in [2.24, 2.45) is 0 Å². The van der Waals surface area contributed by atoms with E-state index in [0.717, 1.165) is 13.1 Å². The second-order valence-electron chi connectivity index (χ2n) is 5.15. The van der Waals surface area contributed by atoms with Crippen molar-refractivity contribution in [2.75, 3.05) is 6.54 Å². The van der Waals surface area contributed by atoms with Crippen LogP contribution in [0, 0.1) is 0 Å². The second-order valence-corrected chi connectivity index (χ2v) is 7.06. The van der Waals surface area contributed by atoms with Gasteiger partial charge in [-0.2, -0.15) is 0 Å². The molecule has 1 aromatic heterocycles. The first kappa shape index (κ1) is 13.3. The first-order chi connectivity index (χ1) is 9.33.